The molecule has 3 heterocycles. The molecule has 5 nitrogen and oxygen atoms in total. The summed E-state index contributed by atoms with van der Waals surface area (Å²) in [6, 6.07) is 18.6. The molecule has 0 amide bonds. The molecule has 0 bridgehead atoms. The number of rotatable bonds is 5. The maximum absolute atomic E-state index is 11.2. The van der Waals surface area contributed by atoms with E-state index in [0.717, 1.165) is 66.5 Å². The first-order valence-electron chi connectivity index (χ1n) is 12.2. The number of benzene rings is 2. The van der Waals surface area contributed by atoms with Gasteiger partial charge in [0.05, 0.1) is 21.0 Å². The van der Waals surface area contributed by atoms with Gasteiger partial charge in [-0.15, -0.1) is 22.7 Å². The van der Waals surface area contributed by atoms with Crippen molar-refractivity contribution < 1.29 is 10.2 Å². The van der Waals surface area contributed by atoms with E-state index in [1.165, 1.54) is 0 Å². The average molecular weight is 536 g/mol. The van der Waals surface area contributed by atoms with Crippen molar-refractivity contribution in [3.05, 3.63) is 71.4 Å². The van der Waals surface area contributed by atoms with Gasteiger partial charge in [-0.3, -0.25) is 0 Å². The van der Waals surface area contributed by atoms with Crippen molar-refractivity contribution in [2.75, 3.05) is 11.5 Å². The minimum atomic E-state index is -0.823. The van der Waals surface area contributed by atoms with Crippen LogP contribution < -0.4 is 5.73 Å². The maximum atomic E-state index is 11.2. The molecule has 1 aliphatic heterocycles. The zero-order chi connectivity index (χ0) is 25.0. The second-order valence-electron chi connectivity index (χ2n) is 10.3. The van der Waals surface area contributed by atoms with Gasteiger partial charge in [0.1, 0.15) is 15.6 Å². The van der Waals surface area contributed by atoms with E-state index in [2.05, 4.69) is 41.4 Å². The van der Waals surface area contributed by atoms with Crippen molar-refractivity contribution in [1.29, 1.82) is 0 Å². The van der Waals surface area contributed by atoms with Gasteiger partial charge in [0.25, 0.3) is 0 Å². The second-order valence-corrected chi connectivity index (χ2v) is 13.6. The second kappa shape index (κ2) is 9.04. The highest BCUT2D eigenvalue weighted by Gasteiger charge is 2.49. The highest BCUT2D eigenvalue weighted by Crippen LogP contribution is 2.48. The van der Waals surface area contributed by atoms with Crippen LogP contribution in [0.2, 0.25) is 0 Å². The molecule has 186 valence electrons. The van der Waals surface area contributed by atoms with Crippen molar-refractivity contribution in [3.8, 4) is 31.6 Å². The summed E-state index contributed by atoms with van der Waals surface area (Å²) in [6.07, 6.45) is 4.48. The maximum Gasteiger partial charge on any atom is 0.136 e. The standard InChI is InChI=1S/C28H29N3O2S3/c1-26(32)16-27(29,17-26)20-9-7-18(8-10-20)22-23(19-5-3-2-4-6-19)36-24(31-22)21-15-30-25(35-21)28(33)11-13-34-14-12-28/h2-10,15,32-33H,11-14,16-17,29H2,1H3. The third kappa shape index (κ3) is 4.44. The summed E-state index contributed by atoms with van der Waals surface area (Å²) in [4.78, 5) is 11.8. The molecule has 6 rings (SSSR count). The minimum absolute atomic E-state index is 0.478. The van der Waals surface area contributed by atoms with E-state index >= 15 is 0 Å². The SMILES string of the molecule is CC1(O)CC(N)(c2ccc(-c3nc(-c4cnc(C5(O)CCSCC5)s4)sc3-c3ccccc3)cc2)C1. The van der Waals surface area contributed by atoms with E-state index in [-0.39, 0.29) is 0 Å². The fourth-order valence-corrected chi connectivity index (χ4v) is 8.75. The van der Waals surface area contributed by atoms with Crippen LogP contribution in [0.3, 0.4) is 0 Å². The normalized spacial score (nSPS) is 25.4. The molecule has 8 heteroatoms. The largest absolute Gasteiger partial charge is 0.390 e. The molecule has 2 aliphatic rings. The van der Waals surface area contributed by atoms with E-state index in [1.807, 2.05) is 43.1 Å². The van der Waals surface area contributed by atoms with Crippen molar-refractivity contribution in [2.45, 2.75) is 49.3 Å². The van der Waals surface area contributed by atoms with E-state index in [4.69, 9.17) is 10.7 Å². The van der Waals surface area contributed by atoms with E-state index in [1.54, 1.807) is 22.7 Å². The Balaban J connectivity index is 1.36. The quantitative estimate of drug-likeness (QED) is 0.290. The van der Waals surface area contributed by atoms with Crippen LogP contribution in [0.15, 0.2) is 60.8 Å². The van der Waals surface area contributed by atoms with Crippen LogP contribution in [0, 0.1) is 0 Å². The molecule has 4 N–H and O–H groups in total. The van der Waals surface area contributed by atoms with E-state index in [9.17, 15) is 10.2 Å². The summed E-state index contributed by atoms with van der Waals surface area (Å²) in [7, 11) is 0. The van der Waals surface area contributed by atoms with Crippen molar-refractivity contribution in [2.24, 2.45) is 5.73 Å². The molecule has 2 aromatic carbocycles. The summed E-state index contributed by atoms with van der Waals surface area (Å²) >= 11 is 5.11. The summed E-state index contributed by atoms with van der Waals surface area (Å²) in [5.74, 6) is 1.92. The Morgan fingerprint density at radius 1 is 0.889 bits per heavy atom. The predicted molar refractivity (Wildman–Crippen MR) is 150 cm³/mol. The zero-order valence-electron chi connectivity index (χ0n) is 20.1. The Morgan fingerprint density at radius 3 is 2.25 bits per heavy atom. The van der Waals surface area contributed by atoms with E-state index < -0.39 is 16.7 Å². The molecule has 0 spiro atoms. The van der Waals surface area contributed by atoms with Crippen molar-refractivity contribution in [3.63, 3.8) is 0 Å². The molecule has 1 saturated heterocycles. The third-order valence-electron chi connectivity index (χ3n) is 7.22. The molecule has 1 aliphatic carbocycles. The lowest BCUT2D eigenvalue weighted by Gasteiger charge is -2.49. The van der Waals surface area contributed by atoms with Crippen LogP contribution in [-0.4, -0.2) is 37.3 Å². The van der Waals surface area contributed by atoms with Crippen LogP contribution in [0.1, 0.15) is 43.2 Å². The Labute approximate surface area is 223 Å². The number of aliphatic hydroxyl groups is 2. The van der Waals surface area contributed by atoms with Crippen molar-refractivity contribution >= 4 is 34.4 Å². The van der Waals surface area contributed by atoms with Crippen LogP contribution in [0.4, 0.5) is 0 Å². The summed E-state index contributed by atoms with van der Waals surface area (Å²) < 4.78 is 0. The number of nitrogens with two attached hydrogens (primary N) is 1. The molecular formula is C28H29N3O2S3. The van der Waals surface area contributed by atoms with Gasteiger partial charge in [0, 0.05) is 17.3 Å². The molecule has 0 atom stereocenters. The average Bonchev–Trinajstić information content (AvgIpc) is 3.52. The summed E-state index contributed by atoms with van der Waals surface area (Å²) in [5, 5.41) is 23.1. The van der Waals surface area contributed by atoms with E-state index in [0.29, 0.717) is 12.8 Å². The van der Waals surface area contributed by atoms with Crippen LogP contribution in [0.5, 0.6) is 0 Å². The number of nitrogens with zero attached hydrogens (tertiary/aromatic N) is 2. The first-order valence-corrected chi connectivity index (χ1v) is 15.0. The highest BCUT2D eigenvalue weighted by atomic mass is 32.2. The third-order valence-corrected chi connectivity index (χ3v) is 10.7. The predicted octanol–water partition coefficient (Wildman–Crippen LogP) is 6.01. The number of aromatic nitrogens is 2. The molecule has 0 unspecified atom stereocenters. The first-order chi connectivity index (χ1) is 17.2. The van der Waals surface area contributed by atoms with Crippen LogP contribution in [0.25, 0.3) is 31.6 Å². The van der Waals surface area contributed by atoms with Gasteiger partial charge < -0.3 is 15.9 Å². The lowest BCUT2D eigenvalue weighted by Crippen LogP contribution is -2.58. The summed E-state index contributed by atoms with van der Waals surface area (Å²) in [6.45, 7) is 1.84. The zero-order valence-corrected chi connectivity index (χ0v) is 22.6. The van der Waals surface area contributed by atoms with Crippen LogP contribution in [-0.2, 0) is 11.1 Å². The number of thioether (sulfide) groups is 1. The molecule has 36 heavy (non-hydrogen) atoms. The lowest BCUT2D eigenvalue weighted by atomic mass is 9.63. The Morgan fingerprint density at radius 2 is 1.58 bits per heavy atom. The molecule has 4 aromatic rings. The fraction of sp³-hybridized carbons (Fsp3) is 0.357. The van der Waals surface area contributed by atoms with Crippen molar-refractivity contribution in [1.82, 2.24) is 9.97 Å². The smallest absolute Gasteiger partial charge is 0.136 e. The monoisotopic (exact) mass is 535 g/mol. The first kappa shape index (κ1) is 24.3. The molecular weight excluding hydrogens is 507 g/mol. The van der Waals surface area contributed by atoms with Crippen LogP contribution >= 0.6 is 34.4 Å². The highest BCUT2D eigenvalue weighted by molar-refractivity contribution is 7.99. The van der Waals surface area contributed by atoms with Gasteiger partial charge in [-0.2, -0.15) is 11.8 Å². The van der Waals surface area contributed by atoms with Gasteiger partial charge in [-0.05, 0) is 55.2 Å². The number of hydrogen-bond donors (Lipinski definition) is 3. The van der Waals surface area contributed by atoms with Gasteiger partial charge in [-0.1, -0.05) is 54.6 Å². The minimum Gasteiger partial charge on any atom is -0.390 e. The molecule has 2 aromatic heterocycles. The Bertz CT molecular complexity index is 1360. The number of thiazole rings is 2. The van der Waals surface area contributed by atoms with Gasteiger partial charge in [0.2, 0.25) is 0 Å². The fourth-order valence-electron chi connectivity index (χ4n) is 5.39. The Kier molecular flexibility index (Phi) is 6.10. The van der Waals surface area contributed by atoms with Gasteiger partial charge in [-0.25, -0.2) is 9.97 Å². The van der Waals surface area contributed by atoms with Gasteiger partial charge >= 0.3 is 0 Å². The lowest BCUT2D eigenvalue weighted by molar-refractivity contribution is -0.0738. The topological polar surface area (TPSA) is 92.3 Å². The Hall–Kier alpha value is -2.07. The van der Waals surface area contributed by atoms with Gasteiger partial charge in [0.15, 0.2) is 0 Å². The number of hydrogen-bond acceptors (Lipinski definition) is 8. The summed E-state index contributed by atoms with van der Waals surface area (Å²) in [5.41, 5.74) is 8.71. The molecule has 0 radical (unpaired) electrons. The molecule has 2 fully saturated rings. The molecule has 1 saturated carbocycles.